The van der Waals surface area contributed by atoms with Gasteiger partial charge in [0.25, 0.3) is 0 Å². The number of ether oxygens (including phenoxy) is 1. The molecule has 0 saturated carbocycles. The summed E-state index contributed by atoms with van der Waals surface area (Å²) in [6.07, 6.45) is 1.34. The highest BCUT2D eigenvalue weighted by molar-refractivity contribution is 7.05. The molecular weight excluding hydrogens is 216 g/mol. The van der Waals surface area contributed by atoms with Crippen LogP contribution in [-0.4, -0.2) is 33.6 Å². The predicted octanol–water partition coefficient (Wildman–Crippen LogP) is 0.979. The summed E-state index contributed by atoms with van der Waals surface area (Å²) in [5, 5.41) is 9.87. The first-order valence-electron chi connectivity index (χ1n) is 4.77. The zero-order valence-corrected chi connectivity index (χ0v) is 9.21. The molecule has 1 fully saturated rings. The van der Waals surface area contributed by atoms with E-state index in [4.69, 9.17) is 4.74 Å². The van der Waals surface area contributed by atoms with Gasteiger partial charge in [-0.25, -0.2) is 4.98 Å². The van der Waals surface area contributed by atoms with E-state index in [0.717, 1.165) is 18.0 Å². The molecule has 2 rings (SSSR count). The lowest BCUT2D eigenvalue weighted by Crippen LogP contribution is -2.43. The van der Waals surface area contributed by atoms with Crippen LogP contribution in [0.1, 0.15) is 23.7 Å². The van der Waals surface area contributed by atoms with Gasteiger partial charge in [0.1, 0.15) is 16.2 Å². The number of carboxylic acids is 1. The number of nitrogens with zero attached hydrogens (tertiary/aromatic N) is 2. The zero-order chi connectivity index (χ0) is 10.9. The first-order chi connectivity index (χ1) is 7.15. The fraction of sp³-hybridized carbons (Fsp3) is 0.667. The van der Waals surface area contributed by atoms with Gasteiger partial charge < -0.3 is 9.84 Å². The van der Waals surface area contributed by atoms with Gasteiger partial charge in [-0.1, -0.05) is 0 Å². The average Bonchev–Trinajstić information content (AvgIpc) is 2.66. The maximum Gasteiger partial charge on any atom is 0.319 e. The molecule has 2 heterocycles. The maximum absolute atomic E-state index is 11.3. The largest absolute Gasteiger partial charge is 0.480 e. The number of rotatable bonds is 2. The summed E-state index contributed by atoms with van der Waals surface area (Å²) in [6.45, 7) is 2.60. The summed E-state index contributed by atoms with van der Waals surface area (Å²) >= 11 is 1.16. The summed E-state index contributed by atoms with van der Waals surface area (Å²) in [7, 11) is 0. The molecular formula is C9H12N2O3S. The van der Waals surface area contributed by atoms with Crippen LogP contribution in [-0.2, 0) is 14.9 Å². The Hall–Kier alpha value is -1.01. The van der Waals surface area contributed by atoms with E-state index in [1.54, 1.807) is 6.92 Å². The molecule has 1 saturated heterocycles. The Morgan fingerprint density at radius 3 is 2.93 bits per heavy atom. The van der Waals surface area contributed by atoms with Crippen LogP contribution >= 0.6 is 11.5 Å². The van der Waals surface area contributed by atoms with Crippen LogP contribution in [0.15, 0.2) is 0 Å². The fourth-order valence-electron chi connectivity index (χ4n) is 1.71. The van der Waals surface area contributed by atoms with Gasteiger partial charge in [-0.3, -0.25) is 4.79 Å². The number of aryl methyl sites for hydroxylation is 1. The van der Waals surface area contributed by atoms with Gasteiger partial charge in [-0.2, -0.15) is 4.37 Å². The molecule has 0 radical (unpaired) electrons. The lowest BCUT2D eigenvalue weighted by atomic mass is 9.83. The number of aromatic nitrogens is 2. The van der Waals surface area contributed by atoms with Crippen LogP contribution in [0.3, 0.4) is 0 Å². The molecule has 1 N–H and O–H groups in total. The predicted molar refractivity (Wildman–Crippen MR) is 54.0 cm³/mol. The van der Waals surface area contributed by atoms with Crippen molar-refractivity contribution < 1.29 is 14.6 Å². The Balaban J connectivity index is 2.37. The third-order valence-corrected chi connectivity index (χ3v) is 3.60. The molecule has 15 heavy (non-hydrogen) atoms. The normalized spacial score (nSPS) is 26.5. The monoisotopic (exact) mass is 228 g/mol. The Labute approximate surface area is 91.3 Å². The Bertz CT molecular complexity index is 371. The van der Waals surface area contributed by atoms with Gasteiger partial charge in [-0.15, -0.1) is 0 Å². The van der Waals surface area contributed by atoms with E-state index < -0.39 is 11.4 Å². The summed E-state index contributed by atoms with van der Waals surface area (Å²) < 4.78 is 9.30. The summed E-state index contributed by atoms with van der Waals surface area (Å²) in [5.41, 5.74) is -0.968. The fourth-order valence-corrected chi connectivity index (χ4v) is 2.57. The molecule has 6 heteroatoms. The number of hydrogen-bond donors (Lipinski definition) is 1. The van der Waals surface area contributed by atoms with E-state index in [1.807, 2.05) is 0 Å². The number of aliphatic carboxylic acids is 1. The van der Waals surface area contributed by atoms with Gasteiger partial charge >= 0.3 is 5.97 Å². The van der Waals surface area contributed by atoms with Crippen molar-refractivity contribution in [3.8, 4) is 0 Å². The van der Waals surface area contributed by atoms with Crippen molar-refractivity contribution >= 4 is 17.5 Å². The molecule has 0 aromatic carbocycles. The van der Waals surface area contributed by atoms with Crippen LogP contribution < -0.4 is 0 Å². The molecule has 0 spiro atoms. The van der Waals surface area contributed by atoms with Crippen molar-refractivity contribution in [2.45, 2.75) is 25.2 Å². The topological polar surface area (TPSA) is 72.3 Å². The van der Waals surface area contributed by atoms with E-state index in [1.165, 1.54) is 0 Å². The second kappa shape index (κ2) is 3.86. The number of carboxylic acid groups (broad SMARTS) is 1. The minimum atomic E-state index is -0.968. The van der Waals surface area contributed by atoms with E-state index >= 15 is 0 Å². The number of carbonyl (C=O) groups is 1. The van der Waals surface area contributed by atoms with Crippen molar-refractivity contribution in [2.24, 2.45) is 0 Å². The maximum atomic E-state index is 11.3. The van der Waals surface area contributed by atoms with Crippen LogP contribution in [0.2, 0.25) is 0 Å². The average molecular weight is 228 g/mol. The lowest BCUT2D eigenvalue weighted by molar-refractivity contribution is -0.149. The first-order valence-corrected chi connectivity index (χ1v) is 5.54. The smallest absolute Gasteiger partial charge is 0.319 e. The minimum absolute atomic E-state index is 0.205. The molecule has 5 nitrogen and oxygen atoms in total. The van der Waals surface area contributed by atoms with Gasteiger partial charge in [0.05, 0.1) is 6.61 Å². The summed E-state index contributed by atoms with van der Waals surface area (Å²) in [6, 6.07) is 0. The van der Waals surface area contributed by atoms with Crippen molar-refractivity contribution in [3.05, 3.63) is 10.8 Å². The SMILES string of the molecule is Cc1nsc(C2(C(=O)O)CCCOC2)n1. The van der Waals surface area contributed by atoms with E-state index in [2.05, 4.69) is 9.36 Å². The third-order valence-electron chi connectivity index (χ3n) is 2.59. The van der Waals surface area contributed by atoms with E-state index in [9.17, 15) is 9.90 Å². The Morgan fingerprint density at radius 2 is 2.47 bits per heavy atom. The van der Waals surface area contributed by atoms with Crippen LogP contribution in [0, 0.1) is 6.92 Å². The minimum Gasteiger partial charge on any atom is -0.480 e. The van der Waals surface area contributed by atoms with E-state index in [-0.39, 0.29) is 6.61 Å². The van der Waals surface area contributed by atoms with Crippen molar-refractivity contribution in [1.29, 1.82) is 0 Å². The number of hydrogen-bond acceptors (Lipinski definition) is 5. The van der Waals surface area contributed by atoms with Crippen molar-refractivity contribution in [1.82, 2.24) is 9.36 Å². The van der Waals surface area contributed by atoms with Gasteiger partial charge in [0, 0.05) is 6.61 Å². The van der Waals surface area contributed by atoms with Crippen molar-refractivity contribution in [3.63, 3.8) is 0 Å². The van der Waals surface area contributed by atoms with Gasteiger partial charge in [0.2, 0.25) is 0 Å². The highest BCUT2D eigenvalue weighted by Crippen LogP contribution is 2.34. The van der Waals surface area contributed by atoms with Crippen molar-refractivity contribution in [2.75, 3.05) is 13.2 Å². The molecule has 0 bridgehead atoms. The Morgan fingerprint density at radius 1 is 1.67 bits per heavy atom. The van der Waals surface area contributed by atoms with Crippen LogP contribution in [0.5, 0.6) is 0 Å². The highest BCUT2D eigenvalue weighted by atomic mass is 32.1. The van der Waals surface area contributed by atoms with Gasteiger partial charge in [0.15, 0.2) is 0 Å². The molecule has 1 aliphatic rings. The summed E-state index contributed by atoms with van der Waals surface area (Å²) in [4.78, 5) is 15.5. The highest BCUT2D eigenvalue weighted by Gasteiger charge is 2.45. The van der Waals surface area contributed by atoms with E-state index in [0.29, 0.717) is 23.9 Å². The molecule has 0 amide bonds. The van der Waals surface area contributed by atoms with Crippen LogP contribution in [0.4, 0.5) is 0 Å². The molecule has 1 aliphatic heterocycles. The second-order valence-corrected chi connectivity index (χ2v) is 4.44. The molecule has 1 aromatic rings. The zero-order valence-electron chi connectivity index (χ0n) is 8.39. The lowest BCUT2D eigenvalue weighted by Gasteiger charge is -2.30. The molecule has 82 valence electrons. The standard InChI is InChI=1S/C9H12N2O3S/c1-6-10-7(15-11-6)9(8(12)13)3-2-4-14-5-9/h2-5H2,1H3,(H,12,13). The second-order valence-electron chi connectivity index (χ2n) is 3.69. The van der Waals surface area contributed by atoms with Gasteiger partial charge in [-0.05, 0) is 31.3 Å². The third kappa shape index (κ3) is 1.74. The first kappa shape index (κ1) is 10.5. The molecule has 1 unspecified atom stereocenters. The molecule has 1 aromatic heterocycles. The Kier molecular flexibility index (Phi) is 2.70. The molecule has 0 aliphatic carbocycles. The summed E-state index contributed by atoms with van der Waals surface area (Å²) in [5.74, 6) is -0.237. The van der Waals surface area contributed by atoms with Crippen LogP contribution in [0.25, 0.3) is 0 Å². The molecule has 1 atom stereocenters. The quantitative estimate of drug-likeness (QED) is 0.816.